The van der Waals surface area contributed by atoms with Crippen molar-refractivity contribution in [2.24, 2.45) is 0 Å². The fourth-order valence-electron chi connectivity index (χ4n) is 1.92. The topological polar surface area (TPSA) is 41.9 Å². The molecule has 0 bridgehead atoms. The average molecular weight is 288 g/mol. The van der Waals surface area contributed by atoms with E-state index < -0.39 is 0 Å². The van der Waals surface area contributed by atoms with Gasteiger partial charge in [-0.1, -0.05) is 30.3 Å². The molecule has 2 aromatic rings. The molecule has 1 heterocycles. The molecule has 0 amide bonds. The first-order valence-corrected chi connectivity index (χ1v) is 7.21. The van der Waals surface area contributed by atoms with Crippen LogP contribution in [0.25, 0.3) is 0 Å². The molecule has 5 heteroatoms. The Morgan fingerprint density at radius 2 is 2.05 bits per heavy atom. The lowest BCUT2D eigenvalue weighted by atomic mass is 10.1. The first-order chi connectivity index (χ1) is 9.69. The fraction of sp³-hybridized carbons (Fsp3) is 0.333. The van der Waals surface area contributed by atoms with Crippen LogP contribution in [0.15, 0.2) is 42.6 Å². The fourth-order valence-corrected chi connectivity index (χ4v) is 2.17. The molecule has 0 radical (unpaired) electrons. The summed E-state index contributed by atoms with van der Waals surface area (Å²) in [6.45, 7) is 5.68. The zero-order valence-electron chi connectivity index (χ0n) is 11.8. The first-order valence-electron chi connectivity index (χ1n) is 6.80. The van der Waals surface area contributed by atoms with E-state index in [0.717, 1.165) is 12.2 Å². The summed E-state index contributed by atoms with van der Waals surface area (Å²) < 4.78 is 1.90. The van der Waals surface area contributed by atoms with E-state index in [9.17, 15) is 0 Å². The third kappa shape index (κ3) is 4.06. The highest BCUT2D eigenvalue weighted by Crippen LogP contribution is 2.10. The van der Waals surface area contributed by atoms with Crippen molar-refractivity contribution in [1.82, 2.24) is 20.4 Å². The third-order valence-corrected chi connectivity index (χ3v) is 3.36. The van der Waals surface area contributed by atoms with Crippen LogP contribution in [-0.4, -0.2) is 14.9 Å². The molecular weight excluding hydrogens is 268 g/mol. The van der Waals surface area contributed by atoms with Crippen molar-refractivity contribution in [2.75, 3.05) is 0 Å². The summed E-state index contributed by atoms with van der Waals surface area (Å²) in [5.41, 5.74) is 2.20. The molecule has 0 aliphatic rings. The van der Waals surface area contributed by atoms with Gasteiger partial charge >= 0.3 is 0 Å². The molecule has 1 aromatic carbocycles. The van der Waals surface area contributed by atoms with Crippen LogP contribution in [0.4, 0.5) is 0 Å². The Labute approximate surface area is 125 Å². The van der Waals surface area contributed by atoms with Gasteiger partial charge in [0.1, 0.15) is 0 Å². The van der Waals surface area contributed by atoms with Gasteiger partial charge in [0.25, 0.3) is 0 Å². The largest absolute Gasteiger partial charge is 0.357 e. The molecule has 0 aliphatic heterocycles. The Kier molecular flexibility index (Phi) is 5.12. The summed E-state index contributed by atoms with van der Waals surface area (Å²) >= 11 is 5.31. The second-order valence-electron chi connectivity index (χ2n) is 4.62. The van der Waals surface area contributed by atoms with Crippen LogP contribution in [0, 0.1) is 0 Å². The number of rotatable bonds is 5. The summed E-state index contributed by atoms with van der Waals surface area (Å²) in [4.78, 5) is 0. The van der Waals surface area contributed by atoms with Gasteiger partial charge in [0.05, 0.1) is 18.3 Å². The molecule has 20 heavy (non-hydrogen) atoms. The van der Waals surface area contributed by atoms with Crippen LogP contribution in [0.1, 0.15) is 31.1 Å². The Bertz CT molecular complexity index is 550. The monoisotopic (exact) mass is 288 g/mol. The number of aromatic nitrogens is 2. The molecule has 1 unspecified atom stereocenters. The van der Waals surface area contributed by atoms with Gasteiger partial charge in [0.2, 0.25) is 0 Å². The smallest absolute Gasteiger partial charge is 0.167 e. The van der Waals surface area contributed by atoms with E-state index in [2.05, 4.69) is 41.7 Å². The SMILES string of the molecule is CCn1ccc(CNC(=S)NC(C)c2ccccc2)n1. The average Bonchev–Trinajstić information content (AvgIpc) is 2.94. The molecule has 1 aromatic heterocycles. The van der Waals surface area contributed by atoms with E-state index in [1.807, 2.05) is 35.1 Å². The Morgan fingerprint density at radius 1 is 1.30 bits per heavy atom. The molecule has 0 fully saturated rings. The maximum Gasteiger partial charge on any atom is 0.167 e. The minimum Gasteiger partial charge on any atom is -0.357 e. The van der Waals surface area contributed by atoms with Crippen molar-refractivity contribution in [3.8, 4) is 0 Å². The van der Waals surface area contributed by atoms with Gasteiger partial charge in [-0.05, 0) is 37.7 Å². The molecule has 0 spiro atoms. The van der Waals surface area contributed by atoms with Crippen molar-refractivity contribution < 1.29 is 0 Å². The van der Waals surface area contributed by atoms with Crippen LogP contribution in [0.3, 0.4) is 0 Å². The second kappa shape index (κ2) is 7.05. The number of hydrogen-bond acceptors (Lipinski definition) is 2. The van der Waals surface area contributed by atoms with Crippen molar-refractivity contribution in [3.05, 3.63) is 53.9 Å². The predicted octanol–water partition coefficient (Wildman–Crippen LogP) is 2.63. The lowest BCUT2D eigenvalue weighted by Gasteiger charge is -2.16. The van der Waals surface area contributed by atoms with E-state index in [4.69, 9.17) is 12.2 Å². The lowest BCUT2D eigenvalue weighted by molar-refractivity contribution is 0.639. The highest BCUT2D eigenvalue weighted by atomic mass is 32.1. The highest BCUT2D eigenvalue weighted by Gasteiger charge is 2.06. The van der Waals surface area contributed by atoms with E-state index in [1.54, 1.807) is 0 Å². The Balaban J connectivity index is 1.80. The highest BCUT2D eigenvalue weighted by molar-refractivity contribution is 7.80. The molecule has 106 valence electrons. The summed E-state index contributed by atoms with van der Waals surface area (Å²) in [6.07, 6.45) is 1.97. The van der Waals surface area contributed by atoms with Gasteiger partial charge in [-0.3, -0.25) is 4.68 Å². The van der Waals surface area contributed by atoms with E-state index in [1.165, 1.54) is 5.56 Å². The standard InChI is InChI=1S/C15H20N4S/c1-3-19-10-9-14(18-19)11-16-15(20)17-12(2)13-7-5-4-6-8-13/h4-10,12H,3,11H2,1-2H3,(H2,16,17,20). The first kappa shape index (κ1) is 14.5. The van der Waals surface area contributed by atoms with E-state index in [-0.39, 0.29) is 6.04 Å². The van der Waals surface area contributed by atoms with Gasteiger partial charge in [-0.15, -0.1) is 0 Å². The van der Waals surface area contributed by atoms with Gasteiger partial charge in [0, 0.05) is 12.7 Å². The summed E-state index contributed by atoms with van der Waals surface area (Å²) in [7, 11) is 0. The summed E-state index contributed by atoms with van der Waals surface area (Å²) in [5, 5.41) is 11.5. The van der Waals surface area contributed by atoms with E-state index in [0.29, 0.717) is 11.7 Å². The van der Waals surface area contributed by atoms with Crippen LogP contribution in [0.2, 0.25) is 0 Å². The molecule has 2 N–H and O–H groups in total. The quantitative estimate of drug-likeness (QED) is 0.830. The minimum absolute atomic E-state index is 0.185. The van der Waals surface area contributed by atoms with Crippen molar-refractivity contribution in [3.63, 3.8) is 0 Å². The second-order valence-corrected chi connectivity index (χ2v) is 5.03. The van der Waals surface area contributed by atoms with Crippen LogP contribution < -0.4 is 10.6 Å². The van der Waals surface area contributed by atoms with Gasteiger partial charge in [-0.25, -0.2) is 0 Å². The van der Waals surface area contributed by atoms with Crippen molar-refractivity contribution in [2.45, 2.75) is 33.0 Å². The molecule has 0 aliphatic carbocycles. The summed E-state index contributed by atoms with van der Waals surface area (Å²) in [6, 6.07) is 12.4. The number of nitrogens with one attached hydrogen (secondary N) is 2. The minimum atomic E-state index is 0.185. The van der Waals surface area contributed by atoms with Crippen LogP contribution in [-0.2, 0) is 13.1 Å². The number of nitrogens with zero attached hydrogens (tertiary/aromatic N) is 2. The van der Waals surface area contributed by atoms with Gasteiger partial charge in [-0.2, -0.15) is 5.10 Å². The number of aryl methyl sites for hydroxylation is 1. The molecule has 4 nitrogen and oxygen atoms in total. The van der Waals surface area contributed by atoms with Crippen molar-refractivity contribution >= 4 is 17.3 Å². The van der Waals surface area contributed by atoms with E-state index >= 15 is 0 Å². The maximum absolute atomic E-state index is 5.31. The lowest BCUT2D eigenvalue weighted by Crippen LogP contribution is -2.36. The van der Waals surface area contributed by atoms with Crippen molar-refractivity contribution in [1.29, 1.82) is 0 Å². The zero-order valence-corrected chi connectivity index (χ0v) is 12.7. The zero-order chi connectivity index (χ0) is 14.4. The number of hydrogen-bond donors (Lipinski definition) is 2. The normalized spacial score (nSPS) is 11.9. The molecule has 1 atom stereocenters. The molecule has 0 saturated carbocycles. The number of thiocarbonyl (C=S) groups is 1. The molecular formula is C15H20N4S. The number of benzene rings is 1. The Hall–Kier alpha value is -1.88. The van der Waals surface area contributed by atoms with Crippen LogP contribution >= 0.6 is 12.2 Å². The van der Waals surface area contributed by atoms with Gasteiger partial charge < -0.3 is 10.6 Å². The predicted molar refractivity (Wildman–Crippen MR) is 85.3 cm³/mol. The Morgan fingerprint density at radius 3 is 2.70 bits per heavy atom. The van der Waals surface area contributed by atoms with Gasteiger partial charge in [0.15, 0.2) is 5.11 Å². The third-order valence-electron chi connectivity index (χ3n) is 3.10. The molecule has 2 rings (SSSR count). The molecule has 0 saturated heterocycles. The maximum atomic E-state index is 5.31. The van der Waals surface area contributed by atoms with Crippen LogP contribution in [0.5, 0.6) is 0 Å². The summed E-state index contributed by atoms with van der Waals surface area (Å²) in [5.74, 6) is 0.